The van der Waals surface area contributed by atoms with Gasteiger partial charge in [-0.25, -0.2) is 4.98 Å². The fourth-order valence-electron chi connectivity index (χ4n) is 2.51. The van der Waals surface area contributed by atoms with Gasteiger partial charge in [-0.05, 0) is 46.8 Å². The zero-order valence-corrected chi connectivity index (χ0v) is 12.9. The van der Waals surface area contributed by atoms with Gasteiger partial charge in [0.2, 0.25) is 0 Å². The van der Waals surface area contributed by atoms with E-state index in [1.807, 2.05) is 38.1 Å². The van der Waals surface area contributed by atoms with Gasteiger partial charge in [-0.15, -0.1) is 0 Å². The number of aromatic nitrogens is 2. The van der Waals surface area contributed by atoms with Crippen LogP contribution < -0.4 is 10.5 Å². The lowest BCUT2D eigenvalue weighted by atomic mass is 10.1. The Morgan fingerprint density at radius 1 is 1.30 bits per heavy atom. The minimum absolute atomic E-state index is 0.0864. The largest absolute Gasteiger partial charge is 0.494 e. The van der Waals surface area contributed by atoms with E-state index < -0.39 is 0 Å². The molecule has 0 amide bonds. The summed E-state index contributed by atoms with van der Waals surface area (Å²) in [7, 11) is 0. The van der Waals surface area contributed by atoms with Gasteiger partial charge in [-0.2, -0.15) is 0 Å². The molecule has 2 rings (SSSR count). The van der Waals surface area contributed by atoms with Crippen LogP contribution in [0.2, 0.25) is 0 Å². The van der Waals surface area contributed by atoms with Crippen molar-refractivity contribution in [2.24, 2.45) is 0 Å². The summed E-state index contributed by atoms with van der Waals surface area (Å²) < 4.78 is 7.60. The monoisotopic (exact) mass is 273 g/mol. The van der Waals surface area contributed by atoms with Crippen molar-refractivity contribution in [3.8, 4) is 17.0 Å². The molecule has 2 aromatic rings. The standard InChI is InChI=1S/C16H23N3O/c1-6-20-13-9-7-8-12(10-13)14-15(17)19(11(2)18-14)16(3,4)5/h7-10H,6,17H2,1-5H3. The lowest BCUT2D eigenvalue weighted by Crippen LogP contribution is -2.24. The number of nitrogen functional groups attached to an aromatic ring is 1. The van der Waals surface area contributed by atoms with Gasteiger partial charge in [0.25, 0.3) is 0 Å². The Bertz CT molecular complexity index is 609. The molecule has 1 aromatic carbocycles. The molecule has 0 atom stereocenters. The number of benzene rings is 1. The second-order valence-electron chi connectivity index (χ2n) is 5.86. The van der Waals surface area contributed by atoms with Gasteiger partial charge in [-0.3, -0.25) is 0 Å². The number of rotatable bonds is 3. The average molecular weight is 273 g/mol. The van der Waals surface area contributed by atoms with Crippen molar-refractivity contribution in [1.82, 2.24) is 9.55 Å². The van der Waals surface area contributed by atoms with E-state index in [9.17, 15) is 0 Å². The van der Waals surface area contributed by atoms with Crippen LogP contribution >= 0.6 is 0 Å². The summed E-state index contributed by atoms with van der Waals surface area (Å²) >= 11 is 0. The van der Waals surface area contributed by atoms with E-state index in [-0.39, 0.29) is 5.54 Å². The predicted octanol–water partition coefficient (Wildman–Crippen LogP) is 3.59. The summed E-state index contributed by atoms with van der Waals surface area (Å²) in [4.78, 5) is 4.63. The normalized spacial score (nSPS) is 11.7. The van der Waals surface area contributed by atoms with Gasteiger partial charge in [0.05, 0.1) is 6.61 Å². The van der Waals surface area contributed by atoms with Crippen molar-refractivity contribution in [2.75, 3.05) is 12.3 Å². The van der Waals surface area contributed by atoms with Gasteiger partial charge in [-0.1, -0.05) is 12.1 Å². The molecule has 0 saturated carbocycles. The van der Waals surface area contributed by atoms with Crippen LogP contribution in [-0.4, -0.2) is 16.2 Å². The van der Waals surface area contributed by atoms with Crippen LogP contribution in [0.25, 0.3) is 11.3 Å². The van der Waals surface area contributed by atoms with Crippen LogP contribution in [0.5, 0.6) is 5.75 Å². The van der Waals surface area contributed by atoms with E-state index in [1.165, 1.54) is 0 Å². The van der Waals surface area contributed by atoms with Crippen LogP contribution in [0.1, 0.15) is 33.5 Å². The molecule has 0 radical (unpaired) electrons. The van der Waals surface area contributed by atoms with Crippen molar-refractivity contribution in [3.05, 3.63) is 30.1 Å². The quantitative estimate of drug-likeness (QED) is 0.929. The Morgan fingerprint density at radius 3 is 2.55 bits per heavy atom. The molecule has 0 aliphatic heterocycles. The zero-order chi connectivity index (χ0) is 14.9. The van der Waals surface area contributed by atoms with Crippen molar-refractivity contribution >= 4 is 5.82 Å². The van der Waals surface area contributed by atoms with Crippen LogP contribution in [0, 0.1) is 6.92 Å². The fourth-order valence-corrected chi connectivity index (χ4v) is 2.51. The molecule has 1 aromatic heterocycles. The molecule has 1 heterocycles. The molecule has 0 saturated heterocycles. The fraction of sp³-hybridized carbons (Fsp3) is 0.438. The molecule has 0 bridgehead atoms. The molecule has 0 aliphatic rings. The SMILES string of the molecule is CCOc1cccc(-c2nc(C)n(C(C)(C)C)c2N)c1. The lowest BCUT2D eigenvalue weighted by molar-refractivity contribution is 0.340. The molecule has 2 N–H and O–H groups in total. The third-order valence-corrected chi connectivity index (χ3v) is 3.17. The number of aryl methyl sites for hydroxylation is 1. The van der Waals surface area contributed by atoms with Crippen LogP contribution in [0.4, 0.5) is 5.82 Å². The van der Waals surface area contributed by atoms with E-state index in [2.05, 4.69) is 30.3 Å². The number of nitrogens with zero attached hydrogens (tertiary/aromatic N) is 2. The number of imidazole rings is 1. The summed E-state index contributed by atoms with van der Waals surface area (Å²) in [5.74, 6) is 2.46. The van der Waals surface area contributed by atoms with E-state index in [0.29, 0.717) is 12.4 Å². The first-order valence-corrected chi connectivity index (χ1v) is 6.93. The maximum absolute atomic E-state index is 6.31. The molecule has 0 fully saturated rings. The minimum atomic E-state index is -0.0864. The number of hydrogen-bond donors (Lipinski definition) is 1. The Labute approximate surface area is 120 Å². The van der Waals surface area contributed by atoms with Crippen molar-refractivity contribution in [2.45, 2.75) is 40.2 Å². The second kappa shape index (κ2) is 5.19. The second-order valence-corrected chi connectivity index (χ2v) is 5.86. The maximum Gasteiger partial charge on any atom is 0.132 e. The number of hydrogen-bond acceptors (Lipinski definition) is 3. The molecular weight excluding hydrogens is 250 g/mol. The van der Waals surface area contributed by atoms with Crippen molar-refractivity contribution < 1.29 is 4.74 Å². The van der Waals surface area contributed by atoms with E-state index in [1.54, 1.807) is 0 Å². The molecule has 4 nitrogen and oxygen atoms in total. The molecule has 0 aliphatic carbocycles. The third-order valence-electron chi connectivity index (χ3n) is 3.17. The molecule has 20 heavy (non-hydrogen) atoms. The third kappa shape index (κ3) is 2.64. The van der Waals surface area contributed by atoms with Gasteiger partial charge in [0, 0.05) is 11.1 Å². The summed E-state index contributed by atoms with van der Waals surface area (Å²) in [6, 6.07) is 7.89. The number of anilines is 1. The van der Waals surface area contributed by atoms with E-state index in [4.69, 9.17) is 10.5 Å². The predicted molar refractivity (Wildman–Crippen MR) is 83.0 cm³/mol. The maximum atomic E-state index is 6.31. The number of nitrogens with two attached hydrogens (primary N) is 1. The highest BCUT2D eigenvalue weighted by Gasteiger charge is 2.22. The lowest BCUT2D eigenvalue weighted by Gasteiger charge is -2.24. The Kier molecular flexibility index (Phi) is 3.75. The molecule has 0 unspecified atom stereocenters. The topological polar surface area (TPSA) is 53.1 Å². The van der Waals surface area contributed by atoms with E-state index in [0.717, 1.165) is 22.8 Å². The zero-order valence-electron chi connectivity index (χ0n) is 12.9. The molecule has 4 heteroatoms. The summed E-state index contributed by atoms with van der Waals surface area (Å²) in [6.07, 6.45) is 0. The minimum Gasteiger partial charge on any atom is -0.494 e. The smallest absolute Gasteiger partial charge is 0.132 e. The average Bonchev–Trinajstić information content (AvgIpc) is 2.65. The highest BCUT2D eigenvalue weighted by Crippen LogP contribution is 2.32. The Hall–Kier alpha value is -1.97. The van der Waals surface area contributed by atoms with Crippen molar-refractivity contribution in [1.29, 1.82) is 0 Å². The Morgan fingerprint density at radius 2 is 2.00 bits per heavy atom. The van der Waals surface area contributed by atoms with Crippen LogP contribution in [0.3, 0.4) is 0 Å². The summed E-state index contributed by atoms with van der Waals surface area (Å²) in [5, 5.41) is 0. The highest BCUT2D eigenvalue weighted by atomic mass is 16.5. The number of ether oxygens (including phenoxy) is 1. The summed E-state index contributed by atoms with van der Waals surface area (Å²) in [6.45, 7) is 11.0. The summed E-state index contributed by atoms with van der Waals surface area (Å²) in [5.41, 5.74) is 8.02. The van der Waals surface area contributed by atoms with Crippen LogP contribution in [0.15, 0.2) is 24.3 Å². The molecular formula is C16H23N3O. The van der Waals surface area contributed by atoms with Gasteiger partial charge < -0.3 is 15.0 Å². The van der Waals surface area contributed by atoms with Gasteiger partial charge in [0.15, 0.2) is 0 Å². The van der Waals surface area contributed by atoms with Gasteiger partial charge in [0.1, 0.15) is 23.1 Å². The highest BCUT2D eigenvalue weighted by molar-refractivity contribution is 5.72. The Balaban J connectivity index is 2.51. The van der Waals surface area contributed by atoms with Crippen LogP contribution in [-0.2, 0) is 5.54 Å². The van der Waals surface area contributed by atoms with Crippen molar-refractivity contribution in [3.63, 3.8) is 0 Å². The first-order chi connectivity index (χ1) is 9.34. The first kappa shape index (κ1) is 14.4. The molecule has 108 valence electrons. The first-order valence-electron chi connectivity index (χ1n) is 6.93. The van der Waals surface area contributed by atoms with Gasteiger partial charge >= 0.3 is 0 Å². The molecule has 0 spiro atoms. The van der Waals surface area contributed by atoms with E-state index >= 15 is 0 Å².